The molecule has 3 aromatic rings. The fourth-order valence-electron chi connectivity index (χ4n) is 2.43. The average molecular weight is 326 g/mol. The molecule has 3 rings (SSSR count). The predicted octanol–water partition coefficient (Wildman–Crippen LogP) is 2.40. The molecule has 2 N–H and O–H groups in total. The number of nitrogens with two attached hydrogens (primary N) is 1. The third-order valence-electron chi connectivity index (χ3n) is 3.64. The minimum atomic E-state index is -3.24. The number of fused-ring (bicyclic) bond motifs is 1. The van der Waals surface area contributed by atoms with Gasteiger partial charge in [-0.1, -0.05) is 18.2 Å². The van der Waals surface area contributed by atoms with Gasteiger partial charge in [0.2, 0.25) is 5.91 Å². The molecule has 0 spiro atoms. The summed E-state index contributed by atoms with van der Waals surface area (Å²) in [5.41, 5.74) is 7.38. The number of sulfone groups is 1. The lowest BCUT2D eigenvalue weighted by Gasteiger charge is -2.08. The van der Waals surface area contributed by atoms with Crippen LogP contribution >= 0.6 is 0 Å². The highest BCUT2D eigenvalue weighted by Gasteiger charge is 2.10. The molecule has 1 aromatic heterocycles. The summed E-state index contributed by atoms with van der Waals surface area (Å²) >= 11 is 0. The van der Waals surface area contributed by atoms with E-state index in [1.807, 2.05) is 0 Å². The number of amides is 1. The summed E-state index contributed by atoms with van der Waals surface area (Å²) in [4.78, 5) is 15.8. The Balaban J connectivity index is 2.19. The lowest BCUT2D eigenvalue weighted by Crippen LogP contribution is -2.10. The SMILES string of the molecule is CS(=O)(=O)c1ccc(-c2cncc3ccc(C(N)=O)cc23)cc1. The molecule has 6 heteroatoms. The predicted molar refractivity (Wildman–Crippen MR) is 88.8 cm³/mol. The largest absolute Gasteiger partial charge is 0.366 e. The zero-order chi connectivity index (χ0) is 16.6. The van der Waals surface area contributed by atoms with Crippen molar-refractivity contribution in [2.75, 3.05) is 6.26 Å². The Hall–Kier alpha value is -2.73. The van der Waals surface area contributed by atoms with Crippen molar-refractivity contribution >= 4 is 26.5 Å². The molecule has 0 saturated carbocycles. The first kappa shape index (κ1) is 15.2. The van der Waals surface area contributed by atoms with Gasteiger partial charge in [0.05, 0.1) is 4.90 Å². The molecule has 0 atom stereocenters. The van der Waals surface area contributed by atoms with Crippen molar-refractivity contribution in [1.29, 1.82) is 0 Å². The van der Waals surface area contributed by atoms with Crippen LogP contribution < -0.4 is 5.73 Å². The minimum absolute atomic E-state index is 0.257. The van der Waals surface area contributed by atoms with Crippen LogP contribution in [0.25, 0.3) is 21.9 Å². The number of benzene rings is 2. The van der Waals surface area contributed by atoms with Gasteiger partial charge < -0.3 is 5.73 Å². The summed E-state index contributed by atoms with van der Waals surface area (Å²) in [6, 6.07) is 11.7. The van der Waals surface area contributed by atoms with Crippen molar-refractivity contribution in [1.82, 2.24) is 4.98 Å². The number of carbonyl (C=O) groups is 1. The number of carbonyl (C=O) groups excluding carboxylic acids is 1. The number of pyridine rings is 1. The van der Waals surface area contributed by atoms with E-state index in [1.54, 1.807) is 54.9 Å². The van der Waals surface area contributed by atoms with Gasteiger partial charge in [0.15, 0.2) is 9.84 Å². The first-order valence-electron chi connectivity index (χ1n) is 6.84. The summed E-state index contributed by atoms with van der Waals surface area (Å²) in [5.74, 6) is -0.498. The van der Waals surface area contributed by atoms with E-state index in [4.69, 9.17) is 5.73 Å². The Labute approximate surface area is 133 Å². The van der Waals surface area contributed by atoms with Crippen molar-refractivity contribution in [2.45, 2.75) is 4.90 Å². The van der Waals surface area contributed by atoms with Crippen LogP contribution in [0.2, 0.25) is 0 Å². The van der Waals surface area contributed by atoms with Crippen molar-refractivity contribution < 1.29 is 13.2 Å². The highest BCUT2D eigenvalue weighted by Crippen LogP contribution is 2.29. The molecular formula is C17H14N2O3S. The van der Waals surface area contributed by atoms with Crippen LogP contribution in [0, 0.1) is 0 Å². The second kappa shape index (κ2) is 5.48. The maximum atomic E-state index is 11.5. The van der Waals surface area contributed by atoms with Crippen molar-refractivity contribution in [3.05, 3.63) is 60.4 Å². The number of aromatic nitrogens is 1. The second-order valence-electron chi connectivity index (χ2n) is 5.28. The van der Waals surface area contributed by atoms with Gasteiger partial charge in [-0.25, -0.2) is 8.42 Å². The van der Waals surface area contributed by atoms with E-state index in [-0.39, 0.29) is 4.90 Å². The van der Waals surface area contributed by atoms with Gasteiger partial charge in [0.25, 0.3) is 0 Å². The maximum absolute atomic E-state index is 11.5. The molecule has 116 valence electrons. The molecular weight excluding hydrogens is 312 g/mol. The van der Waals surface area contributed by atoms with E-state index in [9.17, 15) is 13.2 Å². The lowest BCUT2D eigenvalue weighted by molar-refractivity contribution is 0.100. The molecule has 0 bridgehead atoms. The van der Waals surface area contributed by atoms with Crippen molar-refractivity contribution in [2.24, 2.45) is 5.73 Å². The molecule has 0 aliphatic carbocycles. The van der Waals surface area contributed by atoms with E-state index in [1.165, 1.54) is 6.26 Å². The molecule has 0 aliphatic heterocycles. The smallest absolute Gasteiger partial charge is 0.248 e. The van der Waals surface area contributed by atoms with Gasteiger partial charge in [0, 0.05) is 35.2 Å². The Morgan fingerprint density at radius 3 is 2.35 bits per heavy atom. The molecule has 0 fully saturated rings. The van der Waals surface area contributed by atoms with Crippen molar-refractivity contribution in [3.8, 4) is 11.1 Å². The van der Waals surface area contributed by atoms with Gasteiger partial charge in [0.1, 0.15) is 0 Å². The molecule has 23 heavy (non-hydrogen) atoms. The highest BCUT2D eigenvalue weighted by molar-refractivity contribution is 7.90. The molecule has 1 heterocycles. The van der Waals surface area contributed by atoms with Gasteiger partial charge in [-0.15, -0.1) is 0 Å². The molecule has 0 saturated heterocycles. The van der Waals surface area contributed by atoms with Crippen LogP contribution in [0.4, 0.5) is 0 Å². The number of hydrogen-bond acceptors (Lipinski definition) is 4. The van der Waals surface area contributed by atoms with E-state index < -0.39 is 15.7 Å². The Bertz CT molecular complexity index is 1010. The lowest BCUT2D eigenvalue weighted by atomic mass is 9.99. The number of nitrogens with zero attached hydrogens (tertiary/aromatic N) is 1. The Kier molecular flexibility index (Phi) is 3.61. The summed E-state index contributed by atoms with van der Waals surface area (Å²) in [5, 5.41) is 1.71. The molecule has 2 aromatic carbocycles. The topological polar surface area (TPSA) is 90.1 Å². The monoisotopic (exact) mass is 326 g/mol. The number of primary amides is 1. The van der Waals surface area contributed by atoms with Gasteiger partial charge in [-0.3, -0.25) is 9.78 Å². The third-order valence-corrected chi connectivity index (χ3v) is 4.77. The molecule has 5 nitrogen and oxygen atoms in total. The van der Waals surface area contributed by atoms with E-state index >= 15 is 0 Å². The maximum Gasteiger partial charge on any atom is 0.248 e. The van der Waals surface area contributed by atoms with Crippen LogP contribution in [0.15, 0.2) is 59.8 Å². The van der Waals surface area contributed by atoms with Crippen LogP contribution in [0.3, 0.4) is 0 Å². The summed E-state index contributed by atoms with van der Waals surface area (Å²) < 4.78 is 23.1. The van der Waals surface area contributed by atoms with Gasteiger partial charge >= 0.3 is 0 Å². The van der Waals surface area contributed by atoms with Crippen LogP contribution in [0.5, 0.6) is 0 Å². The van der Waals surface area contributed by atoms with Gasteiger partial charge in [-0.2, -0.15) is 0 Å². The average Bonchev–Trinajstić information content (AvgIpc) is 2.53. The molecule has 1 amide bonds. The fourth-order valence-corrected chi connectivity index (χ4v) is 3.06. The fraction of sp³-hybridized carbons (Fsp3) is 0.0588. The Morgan fingerprint density at radius 2 is 1.74 bits per heavy atom. The van der Waals surface area contributed by atoms with Gasteiger partial charge in [-0.05, 0) is 35.2 Å². The molecule has 0 aliphatic rings. The highest BCUT2D eigenvalue weighted by atomic mass is 32.2. The standard InChI is InChI=1S/C17H14N2O3S/c1-23(21,22)14-6-4-11(5-7-14)16-10-19-9-13-3-2-12(17(18)20)8-15(13)16/h2-10H,1H3,(H2,18,20). The van der Waals surface area contributed by atoms with E-state index in [0.29, 0.717) is 5.56 Å². The van der Waals surface area contributed by atoms with E-state index in [2.05, 4.69) is 4.98 Å². The van der Waals surface area contributed by atoms with E-state index in [0.717, 1.165) is 21.9 Å². The molecule has 0 unspecified atom stereocenters. The molecule has 0 radical (unpaired) electrons. The quantitative estimate of drug-likeness (QED) is 0.800. The van der Waals surface area contributed by atoms with Crippen molar-refractivity contribution in [3.63, 3.8) is 0 Å². The van der Waals surface area contributed by atoms with Crippen LogP contribution in [-0.4, -0.2) is 25.6 Å². The third kappa shape index (κ3) is 2.93. The first-order chi connectivity index (χ1) is 10.9. The normalized spacial score (nSPS) is 11.5. The minimum Gasteiger partial charge on any atom is -0.366 e. The van der Waals surface area contributed by atoms with Crippen LogP contribution in [-0.2, 0) is 9.84 Å². The first-order valence-corrected chi connectivity index (χ1v) is 8.73. The number of hydrogen-bond donors (Lipinski definition) is 1. The number of rotatable bonds is 3. The summed E-state index contributed by atoms with van der Waals surface area (Å²) in [7, 11) is -3.24. The zero-order valence-corrected chi connectivity index (χ0v) is 13.2. The second-order valence-corrected chi connectivity index (χ2v) is 7.30. The zero-order valence-electron chi connectivity index (χ0n) is 12.4. The Morgan fingerprint density at radius 1 is 1.04 bits per heavy atom. The summed E-state index contributed by atoms with van der Waals surface area (Å²) in [6.45, 7) is 0. The van der Waals surface area contributed by atoms with Crippen LogP contribution in [0.1, 0.15) is 10.4 Å². The summed E-state index contributed by atoms with van der Waals surface area (Å²) in [6.07, 6.45) is 4.55.